The average molecular weight is 568 g/mol. The molecule has 208 valence electrons. The van der Waals surface area contributed by atoms with E-state index in [1.165, 1.54) is 44.2 Å². The lowest BCUT2D eigenvalue weighted by Crippen LogP contribution is -2.34. The Bertz CT molecular complexity index is 1710. The van der Waals surface area contributed by atoms with Crippen LogP contribution in [-0.2, 0) is 7.05 Å². The van der Waals surface area contributed by atoms with Gasteiger partial charge in [0.2, 0.25) is 5.95 Å². The SMILES string of the molecule is COc1cc(OC)c(Cl)c(-c2cc3cnc(Nc4ccc(/C(=N/N)N(C)N)cc4[N+](=O)[O-])nc3n(C)c2=O)c1C. The van der Waals surface area contributed by atoms with Crippen LogP contribution >= 0.6 is 11.6 Å². The molecule has 0 radical (unpaired) electrons. The molecule has 4 rings (SSSR count). The van der Waals surface area contributed by atoms with Gasteiger partial charge in [-0.15, -0.1) is 0 Å². The topological polar surface area (TPSA) is 189 Å². The summed E-state index contributed by atoms with van der Waals surface area (Å²) < 4.78 is 12.2. The van der Waals surface area contributed by atoms with Gasteiger partial charge in [-0.3, -0.25) is 24.5 Å². The van der Waals surface area contributed by atoms with E-state index in [-0.39, 0.29) is 39.4 Å². The number of fused-ring (bicyclic) bond motifs is 1. The zero-order valence-corrected chi connectivity index (χ0v) is 23.0. The molecule has 0 aliphatic carbocycles. The van der Waals surface area contributed by atoms with Crippen LogP contribution in [0.25, 0.3) is 22.2 Å². The van der Waals surface area contributed by atoms with Gasteiger partial charge in [-0.25, -0.2) is 10.8 Å². The number of aryl methyl sites for hydroxylation is 1. The van der Waals surface area contributed by atoms with E-state index < -0.39 is 4.92 Å². The number of hydrogen-bond donors (Lipinski definition) is 3. The molecule has 0 saturated heterocycles. The fourth-order valence-corrected chi connectivity index (χ4v) is 4.66. The number of benzene rings is 2. The fourth-order valence-electron chi connectivity index (χ4n) is 4.29. The third kappa shape index (κ3) is 4.92. The number of amidine groups is 1. The predicted molar refractivity (Wildman–Crippen MR) is 152 cm³/mol. The van der Waals surface area contributed by atoms with Crippen LogP contribution in [0, 0.1) is 17.0 Å². The molecule has 2 heterocycles. The van der Waals surface area contributed by atoms with E-state index in [9.17, 15) is 14.9 Å². The van der Waals surface area contributed by atoms with Crippen LogP contribution in [0.1, 0.15) is 11.1 Å². The number of rotatable bonds is 7. The molecule has 15 heteroatoms. The maximum atomic E-state index is 13.5. The number of nitrogens with zero attached hydrogens (tertiary/aromatic N) is 6. The van der Waals surface area contributed by atoms with Gasteiger partial charge < -0.3 is 20.6 Å². The summed E-state index contributed by atoms with van der Waals surface area (Å²) >= 11 is 6.62. The molecule has 0 atom stereocenters. The van der Waals surface area contributed by atoms with Crippen molar-refractivity contribution in [1.29, 1.82) is 0 Å². The minimum atomic E-state index is -0.575. The fraction of sp³-hybridized carbons (Fsp3) is 0.200. The molecule has 0 unspecified atom stereocenters. The maximum Gasteiger partial charge on any atom is 0.293 e. The summed E-state index contributed by atoms with van der Waals surface area (Å²) in [4.78, 5) is 33.5. The molecule has 14 nitrogen and oxygen atoms in total. The van der Waals surface area contributed by atoms with Gasteiger partial charge in [0.05, 0.1) is 24.2 Å². The highest BCUT2D eigenvalue weighted by molar-refractivity contribution is 6.35. The first-order chi connectivity index (χ1) is 19.0. The number of nitrogens with one attached hydrogen (secondary N) is 1. The zero-order chi connectivity index (χ0) is 29.3. The number of ether oxygens (including phenoxy) is 2. The van der Waals surface area contributed by atoms with E-state index in [0.717, 1.165) is 5.01 Å². The average Bonchev–Trinajstić information content (AvgIpc) is 2.92. The van der Waals surface area contributed by atoms with E-state index in [0.29, 0.717) is 39.1 Å². The molecular weight excluding hydrogens is 542 g/mol. The van der Waals surface area contributed by atoms with Crippen molar-refractivity contribution in [3.05, 3.63) is 73.1 Å². The van der Waals surface area contributed by atoms with Gasteiger partial charge in [-0.1, -0.05) is 11.6 Å². The lowest BCUT2D eigenvalue weighted by molar-refractivity contribution is -0.383. The van der Waals surface area contributed by atoms with Gasteiger partial charge in [-0.2, -0.15) is 10.1 Å². The molecule has 40 heavy (non-hydrogen) atoms. The Balaban J connectivity index is 1.81. The molecule has 0 spiro atoms. The first kappa shape index (κ1) is 28.1. The van der Waals surface area contributed by atoms with Crippen LogP contribution in [0.3, 0.4) is 0 Å². The minimum absolute atomic E-state index is 0.0343. The predicted octanol–water partition coefficient (Wildman–Crippen LogP) is 3.05. The number of pyridine rings is 1. The summed E-state index contributed by atoms with van der Waals surface area (Å²) in [7, 11) is 6.04. The molecule has 0 amide bonds. The summed E-state index contributed by atoms with van der Waals surface area (Å²) in [5, 5.41) is 20.2. The van der Waals surface area contributed by atoms with Gasteiger partial charge in [0, 0.05) is 60.1 Å². The molecule has 0 bridgehead atoms. The second-order valence-electron chi connectivity index (χ2n) is 8.67. The third-order valence-electron chi connectivity index (χ3n) is 6.26. The van der Waals surface area contributed by atoms with Crippen molar-refractivity contribution in [2.75, 3.05) is 26.6 Å². The van der Waals surface area contributed by atoms with Crippen molar-refractivity contribution in [1.82, 2.24) is 19.5 Å². The van der Waals surface area contributed by atoms with Crippen molar-refractivity contribution in [2.24, 2.45) is 23.8 Å². The Kier molecular flexibility index (Phi) is 7.74. The maximum absolute atomic E-state index is 13.5. The molecule has 0 fully saturated rings. The largest absolute Gasteiger partial charge is 0.496 e. The lowest BCUT2D eigenvalue weighted by atomic mass is 9.99. The molecule has 0 aliphatic heterocycles. The molecule has 2 aromatic carbocycles. The lowest BCUT2D eigenvalue weighted by Gasteiger charge is -2.17. The summed E-state index contributed by atoms with van der Waals surface area (Å²) in [5.41, 5.74) is 1.48. The summed E-state index contributed by atoms with van der Waals surface area (Å²) in [6.07, 6.45) is 1.50. The Labute approximate surface area is 232 Å². The number of methoxy groups -OCH3 is 2. The van der Waals surface area contributed by atoms with Crippen molar-refractivity contribution < 1.29 is 14.4 Å². The number of hydrazine groups is 1. The summed E-state index contributed by atoms with van der Waals surface area (Å²) in [5.74, 6) is 12.1. The standard InChI is InChI=1S/C25H26ClN9O5/c1-12-18(39-4)10-19(40-5)21(26)20(12)15-8-14-11-29-25(31-22(14)33(2)24(15)36)30-16-7-6-13(9-17(16)35(37)38)23(32-27)34(3)28/h6-11H,27-28H2,1-5H3,(H,29,30,31)/b32-23-. The number of hydrazone groups is 1. The van der Waals surface area contributed by atoms with Crippen molar-refractivity contribution in [3.63, 3.8) is 0 Å². The van der Waals surface area contributed by atoms with E-state index in [2.05, 4.69) is 20.4 Å². The van der Waals surface area contributed by atoms with Crippen LogP contribution < -0.4 is 32.0 Å². The second kappa shape index (κ2) is 11.0. The highest BCUT2D eigenvalue weighted by Crippen LogP contribution is 2.42. The van der Waals surface area contributed by atoms with E-state index >= 15 is 0 Å². The molecular formula is C25H26ClN9O5. The number of nitro groups is 1. The van der Waals surface area contributed by atoms with E-state index in [1.54, 1.807) is 32.2 Å². The second-order valence-corrected chi connectivity index (χ2v) is 9.05. The van der Waals surface area contributed by atoms with Crippen molar-refractivity contribution >= 4 is 45.8 Å². The van der Waals surface area contributed by atoms with Crippen LogP contribution in [0.15, 0.2) is 46.4 Å². The Morgan fingerprint density at radius 3 is 2.52 bits per heavy atom. The smallest absolute Gasteiger partial charge is 0.293 e. The van der Waals surface area contributed by atoms with Crippen LogP contribution in [0.5, 0.6) is 11.5 Å². The van der Waals surface area contributed by atoms with Gasteiger partial charge in [-0.05, 0) is 25.1 Å². The molecule has 0 saturated carbocycles. The first-order valence-electron chi connectivity index (χ1n) is 11.6. The molecule has 4 aromatic rings. The quantitative estimate of drug-likeness (QED) is 0.0977. The third-order valence-corrected chi connectivity index (χ3v) is 6.63. The van der Waals surface area contributed by atoms with Gasteiger partial charge in [0.15, 0.2) is 5.84 Å². The number of nitro benzene ring substituents is 1. The number of nitrogens with two attached hydrogens (primary N) is 2. The number of hydrogen-bond acceptors (Lipinski definition) is 11. The summed E-state index contributed by atoms with van der Waals surface area (Å²) in [6.45, 7) is 1.79. The normalized spacial score (nSPS) is 11.4. The van der Waals surface area contributed by atoms with Gasteiger partial charge in [0.25, 0.3) is 11.2 Å². The van der Waals surface area contributed by atoms with Crippen LogP contribution in [0.4, 0.5) is 17.3 Å². The van der Waals surface area contributed by atoms with Crippen LogP contribution in [-0.4, -0.2) is 51.6 Å². The number of halogens is 1. The number of anilines is 2. The highest BCUT2D eigenvalue weighted by atomic mass is 35.5. The van der Waals surface area contributed by atoms with Crippen LogP contribution in [0.2, 0.25) is 5.02 Å². The highest BCUT2D eigenvalue weighted by Gasteiger charge is 2.22. The van der Waals surface area contributed by atoms with Gasteiger partial charge >= 0.3 is 0 Å². The monoisotopic (exact) mass is 567 g/mol. The van der Waals surface area contributed by atoms with E-state index in [4.69, 9.17) is 32.8 Å². The molecule has 5 N–H and O–H groups in total. The first-order valence-corrected chi connectivity index (χ1v) is 12.0. The summed E-state index contributed by atoms with van der Waals surface area (Å²) in [6, 6.07) is 7.57. The number of aromatic nitrogens is 3. The van der Waals surface area contributed by atoms with Gasteiger partial charge in [0.1, 0.15) is 22.8 Å². The molecule has 2 aromatic heterocycles. The van der Waals surface area contributed by atoms with E-state index in [1.807, 2.05) is 0 Å². The van der Waals surface area contributed by atoms with Crippen molar-refractivity contribution in [2.45, 2.75) is 6.92 Å². The minimum Gasteiger partial charge on any atom is -0.496 e. The zero-order valence-electron chi connectivity index (χ0n) is 22.2. The Morgan fingerprint density at radius 2 is 1.93 bits per heavy atom. The molecule has 0 aliphatic rings. The Hall–Kier alpha value is -4.95. The Morgan fingerprint density at radius 1 is 1.23 bits per heavy atom. The van der Waals surface area contributed by atoms with Crippen molar-refractivity contribution in [3.8, 4) is 22.6 Å².